The molecule has 14 heavy (non-hydrogen) atoms. The lowest BCUT2D eigenvalue weighted by Gasteiger charge is -2.17. The third-order valence-electron chi connectivity index (χ3n) is 2.68. The minimum absolute atomic E-state index is 0.185. The number of aryl methyl sites for hydroxylation is 1. The molecular formula is C12H17NS. The summed E-state index contributed by atoms with van der Waals surface area (Å²) in [5, 5.41) is 9.07. The van der Waals surface area contributed by atoms with E-state index in [-0.39, 0.29) is 5.41 Å². The number of nitriles is 1. The molecule has 0 aliphatic carbocycles. The van der Waals surface area contributed by atoms with Crippen LogP contribution in [0.2, 0.25) is 0 Å². The summed E-state index contributed by atoms with van der Waals surface area (Å²) in [7, 11) is 0. The van der Waals surface area contributed by atoms with Crippen molar-refractivity contribution >= 4 is 11.3 Å². The highest BCUT2D eigenvalue weighted by Gasteiger charge is 2.22. The van der Waals surface area contributed by atoms with E-state index in [0.29, 0.717) is 0 Å². The van der Waals surface area contributed by atoms with Crippen LogP contribution >= 0.6 is 11.3 Å². The van der Waals surface area contributed by atoms with Gasteiger partial charge in [0.25, 0.3) is 0 Å². The normalized spacial score (nSPS) is 14.7. The predicted octanol–water partition coefficient (Wildman–Crippen LogP) is 3.79. The lowest BCUT2D eigenvalue weighted by Crippen LogP contribution is -2.14. The first-order chi connectivity index (χ1) is 6.63. The van der Waals surface area contributed by atoms with E-state index in [9.17, 15) is 0 Å². The van der Waals surface area contributed by atoms with Crippen molar-refractivity contribution in [3.05, 3.63) is 21.9 Å². The van der Waals surface area contributed by atoms with E-state index in [1.807, 2.05) is 18.3 Å². The van der Waals surface area contributed by atoms with Crippen LogP contribution in [0, 0.1) is 16.7 Å². The first-order valence-electron chi connectivity index (χ1n) is 5.12. The highest BCUT2D eigenvalue weighted by molar-refractivity contribution is 7.11. The molecule has 0 N–H and O–H groups in total. The van der Waals surface area contributed by atoms with Gasteiger partial charge in [0, 0.05) is 16.2 Å². The Morgan fingerprint density at radius 3 is 2.43 bits per heavy atom. The molecule has 1 aromatic rings. The topological polar surface area (TPSA) is 23.8 Å². The maximum atomic E-state index is 9.07. The number of nitrogens with zero attached hydrogens (tertiary/aromatic N) is 1. The fourth-order valence-electron chi connectivity index (χ4n) is 1.34. The van der Waals surface area contributed by atoms with Gasteiger partial charge < -0.3 is 0 Å². The highest BCUT2D eigenvalue weighted by Crippen LogP contribution is 2.29. The van der Waals surface area contributed by atoms with Gasteiger partial charge in [-0.05, 0) is 31.9 Å². The van der Waals surface area contributed by atoms with Crippen LogP contribution < -0.4 is 0 Å². The van der Waals surface area contributed by atoms with Gasteiger partial charge in [0.15, 0.2) is 0 Å². The van der Waals surface area contributed by atoms with Crippen LogP contribution in [0.1, 0.15) is 36.9 Å². The SMILES string of the molecule is CCc1ccc(CC(C)(C#N)CC)s1. The van der Waals surface area contributed by atoms with Gasteiger partial charge in [-0.25, -0.2) is 0 Å². The van der Waals surface area contributed by atoms with Crippen LogP contribution in [0.3, 0.4) is 0 Å². The Kier molecular flexibility index (Phi) is 3.71. The fraction of sp³-hybridized carbons (Fsp3) is 0.583. The summed E-state index contributed by atoms with van der Waals surface area (Å²) in [5.74, 6) is 0. The molecule has 0 amide bonds. The second-order valence-electron chi connectivity index (χ2n) is 3.92. The molecule has 1 aromatic heterocycles. The average Bonchev–Trinajstić information content (AvgIpc) is 2.65. The minimum Gasteiger partial charge on any atom is -0.198 e. The summed E-state index contributed by atoms with van der Waals surface area (Å²) in [6.07, 6.45) is 2.91. The summed E-state index contributed by atoms with van der Waals surface area (Å²) in [4.78, 5) is 2.75. The zero-order valence-corrected chi connectivity index (χ0v) is 9.95. The van der Waals surface area contributed by atoms with Crippen molar-refractivity contribution < 1.29 is 0 Å². The molecule has 1 heterocycles. The van der Waals surface area contributed by atoms with Gasteiger partial charge in [-0.3, -0.25) is 0 Å². The van der Waals surface area contributed by atoms with Crippen molar-refractivity contribution in [1.29, 1.82) is 5.26 Å². The van der Waals surface area contributed by atoms with E-state index in [2.05, 4.69) is 32.0 Å². The zero-order valence-electron chi connectivity index (χ0n) is 9.13. The van der Waals surface area contributed by atoms with Gasteiger partial charge in [-0.2, -0.15) is 5.26 Å². The Morgan fingerprint density at radius 1 is 1.36 bits per heavy atom. The first kappa shape index (κ1) is 11.3. The van der Waals surface area contributed by atoms with Crippen molar-refractivity contribution in [2.75, 3.05) is 0 Å². The number of rotatable bonds is 4. The van der Waals surface area contributed by atoms with Crippen molar-refractivity contribution in [3.8, 4) is 6.07 Å². The number of thiophene rings is 1. The molecular weight excluding hydrogens is 190 g/mol. The summed E-state index contributed by atoms with van der Waals surface area (Å²) in [5.41, 5.74) is -0.185. The zero-order chi connectivity index (χ0) is 10.6. The van der Waals surface area contributed by atoms with Crippen LogP contribution in [-0.2, 0) is 12.8 Å². The molecule has 0 saturated heterocycles. The molecule has 1 unspecified atom stereocenters. The molecule has 0 aliphatic heterocycles. The first-order valence-corrected chi connectivity index (χ1v) is 5.94. The molecule has 76 valence electrons. The fourth-order valence-corrected chi connectivity index (χ4v) is 2.48. The van der Waals surface area contributed by atoms with Gasteiger partial charge in [0.1, 0.15) is 0 Å². The molecule has 1 atom stereocenters. The Morgan fingerprint density at radius 2 is 2.00 bits per heavy atom. The molecule has 0 bridgehead atoms. The van der Waals surface area contributed by atoms with Crippen LogP contribution in [-0.4, -0.2) is 0 Å². The molecule has 0 spiro atoms. The van der Waals surface area contributed by atoms with Crippen LogP contribution in [0.5, 0.6) is 0 Å². The Hall–Kier alpha value is -0.810. The minimum atomic E-state index is -0.185. The van der Waals surface area contributed by atoms with Crippen LogP contribution in [0.15, 0.2) is 12.1 Å². The molecule has 0 fully saturated rings. The van der Waals surface area contributed by atoms with E-state index < -0.39 is 0 Å². The maximum absolute atomic E-state index is 9.07. The Balaban J connectivity index is 2.73. The molecule has 0 aromatic carbocycles. The van der Waals surface area contributed by atoms with Crippen molar-refractivity contribution in [3.63, 3.8) is 0 Å². The van der Waals surface area contributed by atoms with Gasteiger partial charge in [0.2, 0.25) is 0 Å². The smallest absolute Gasteiger partial charge is 0.0690 e. The lowest BCUT2D eigenvalue weighted by molar-refractivity contribution is 0.426. The third kappa shape index (κ3) is 2.59. The van der Waals surface area contributed by atoms with Gasteiger partial charge in [0.05, 0.1) is 11.5 Å². The molecule has 0 aliphatic rings. The monoisotopic (exact) mass is 207 g/mol. The van der Waals surface area contributed by atoms with Gasteiger partial charge >= 0.3 is 0 Å². The van der Waals surface area contributed by atoms with Gasteiger partial charge in [-0.15, -0.1) is 11.3 Å². The van der Waals surface area contributed by atoms with Gasteiger partial charge in [-0.1, -0.05) is 13.8 Å². The third-order valence-corrected chi connectivity index (χ3v) is 3.91. The summed E-state index contributed by atoms with van der Waals surface area (Å²) < 4.78 is 0. The van der Waals surface area contributed by atoms with Crippen molar-refractivity contribution in [2.45, 2.75) is 40.0 Å². The van der Waals surface area contributed by atoms with Crippen LogP contribution in [0.4, 0.5) is 0 Å². The van der Waals surface area contributed by atoms with E-state index in [4.69, 9.17) is 5.26 Å². The van der Waals surface area contributed by atoms with E-state index in [1.54, 1.807) is 0 Å². The average molecular weight is 207 g/mol. The summed E-state index contributed by atoms with van der Waals surface area (Å²) in [6, 6.07) is 6.75. The maximum Gasteiger partial charge on any atom is 0.0690 e. The second-order valence-corrected chi connectivity index (χ2v) is 5.18. The van der Waals surface area contributed by atoms with E-state index in [1.165, 1.54) is 9.75 Å². The van der Waals surface area contributed by atoms with Crippen molar-refractivity contribution in [2.24, 2.45) is 5.41 Å². The lowest BCUT2D eigenvalue weighted by atomic mass is 9.85. The van der Waals surface area contributed by atoms with E-state index >= 15 is 0 Å². The summed E-state index contributed by atoms with van der Waals surface area (Å²) in [6.45, 7) is 6.29. The van der Waals surface area contributed by atoms with Crippen molar-refractivity contribution in [1.82, 2.24) is 0 Å². The quantitative estimate of drug-likeness (QED) is 0.737. The Bertz CT molecular complexity index is 334. The standard InChI is InChI=1S/C12H17NS/c1-4-10-6-7-11(14-10)8-12(3,5-2)9-13/h6-7H,4-5,8H2,1-3H3. The molecule has 0 radical (unpaired) electrons. The second kappa shape index (κ2) is 4.61. The molecule has 2 heteroatoms. The molecule has 0 saturated carbocycles. The predicted molar refractivity (Wildman–Crippen MR) is 61.4 cm³/mol. The largest absolute Gasteiger partial charge is 0.198 e. The summed E-state index contributed by atoms with van der Waals surface area (Å²) >= 11 is 1.84. The highest BCUT2D eigenvalue weighted by atomic mass is 32.1. The number of hydrogen-bond acceptors (Lipinski definition) is 2. The molecule has 1 rings (SSSR count). The Labute approximate surface area is 90.4 Å². The van der Waals surface area contributed by atoms with E-state index in [0.717, 1.165) is 19.3 Å². The van der Waals surface area contributed by atoms with Crippen LogP contribution in [0.25, 0.3) is 0 Å². The molecule has 1 nitrogen and oxygen atoms in total. The number of hydrogen-bond donors (Lipinski definition) is 0.